The third kappa shape index (κ3) is 2.40. The summed E-state index contributed by atoms with van der Waals surface area (Å²) >= 11 is 5.24. The highest BCUT2D eigenvalue weighted by atomic mass is 32.1. The molecule has 108 valence electrons. The highest BCUT2D eigenvalue weighted by molar-refractivity contribution is 7.80. The molecule has 2 atom stereocenters. The molecular formula is C15H21N3OS. The number of thiocarbonyl (C=S) groups is 1. The van der Waals surface area contributed by atoms with E-state index >= 15 is 0 Å². The van der Waals surface area contributed by atoms with E-state index < -0.39 is 0 Å². The van der Waals surface area contributed by atoms with Crippen LogP contribution in [0.2, 0.25) is 0 Å². The minimum Gasteiger partial charge on any atom is -0.389 e. The number of aryl methyl sites for hydroxylation is 2. The number of aromatic nitrogens is 1. The number of nitrogens with zero attached hydrogens (tertiary/aromatic N) is 2. The Morgan fingerprint density at radius 3 is 3.00 bits per heavy atom. The van der Waals surface area contributed by atoms with Gasteiger partial charge in [0.2, 0.25) is 0 Å². The Bertz CT molecular complexity index is 546. The molecule has 1 fully saturated rings. The lowest BCUT2D eigenvalue weighted by Crippen LogP contribution is -2.48. The van der Waals surface area contributed by atoms with Crippen molar-refractivity contribution < 1.29 is 4.74 Å². The number of hydrogen-bond acceptors (Lipinski definition) is 4. The van der Waals surface area contributed by atoms with Gasteiger partial charge in [-0.05, 0) is 44.7 Å². The second kappa shape index (κ2) is 5.30. The molecule has 0 bridgehead atoms. The van der Waals surface area contributed by atoms with Crippen LogP contribution in [-0.2, 0) is 17.6 Å². The van der Waals surface area contributed by atoms with Crippen molar-refractivity contribution >= 4 is 23.0 Å². The Kier molecular flexibility index (Phi) is 3.65. The van der Waals surface area contributed by atoms with Crippen LogP contribution in [0.3, 0.4) is 0 Å². The molecule has 2 unspecified atom stereocenters. The number of hydrogen-bond donors (Lipinski definition) is 1. The van der Waals surface area contributed by atoms with Crippen molar-refractivity contribution in [2.45, 2.75) is 45.3 Å². The molecule has 0 spiro atoms. The topological polar surface area (TPSA) is 51.4 Å². The fourth-order valence-corrected chi connectivity index (χ4v) is 3.21. The molecule has 0 amide bonds. The fourth-order valence-electron chi connectivity index (χ4n) is 3.06. The maximum Gasteiger partial charge on any atom is 0.139 e. The van der Waals surface area contributed by atoms with Crippen LogP contribution >= 0.6 is 12.2 Å². The standard InChI is InChI=1S/C15H21N3OS/c1-9-8-19-10(2)7-18(9)15-12(14(16)20)6-11-4-3-5-13(11)17-15/h6,9-10H,3-5,7-8H2,1-2H3,(H2,16,20). The van der Waals surface area contributed by atoms with Gasteiger partial charge in [-0.1, -0.05) is 12.2 Å². The van der Waals surface area contributed by atoms with Crippen LogP contribution in [-0.4, -0.2) is 35.3 Å². The molecule has 0 radical (unpaired) electrons. The van der Waals surface area contributed by atoms with Gasteiger partial charge in [0, 0.05) is 12.2 Å². The first-order chi connectivity index (χ1) is 9.56. The summed E-state index contributed by atoms with van der Waals surface area (Å²) in [6.45, 7) is 5.80. The molecule has 1 saturated heterocycles. The Balaban J connectivity index is 2.04. The Hall–Kier alpha value is -1.20. The molecule has 2 N–H and O–H groups in total. The minimum absolute atomic E-state index is 0.209. The van der Waals surface area contributed by atoms with E-state index in [1.165, 1.54) is 17.7 Å². The van der Waals surface area contributed by atoms with E-state index in [1.807, 2.05) is 0 Å². The number of anilines is 1. The predicted molar refractivity (Wildman–Crippen MR) is 84.4 cm³/mol. The molecule has 4 nitrogen and oxygen atoms in total. The summed E-state index contributed by atoms with van der Waals surface area (Å²) in [5.74, 6) is 0.945. The highest BCUT2D eigenvalue weighted by Gasteiger charge is 2.28. The van der Waals surface area contributed by atoms with E-state index in [2.05, 4.69) is 24.8 Å². The zero-order valence-corrected chi connectivity index (χ0v) is 12.9. The van der Waals surface area contributed by atoms with Crippen LogP contribution in [0.1, 0.15) is 37.1 Å². The summed E-state index contributed by atoms with van der Waals surface area (Å²) < 4.78 is 5.70. The third-order valence-corrected chi connectivity index (χ3v) is 4.40. The van der Waals surface area contributed by atoms with Crippen LogP contribution < -0.4 is 10.6 Å². The Labute approximate surface area is 125 Å². The van der Waals surface area contributed by atoms with Gasteiger partial charge in [0.25, 0.3) is 0 Å². The average molecular weight is 291 g/mol. The second-order valence-electron chi connectivity index (χ2n) is 5.83. The molecule has 2 heterocycles. The van der Waals surface area contributed by atoms with Crippen molar-refractivity contribution in [3.05, 3.63) is 22.9 Å². The zero-order chi connectivity index (χ0) is 14.3. The van der Waals surface area contributed by atoms with Crippen molar-refractivity contribution in [2.24, 2.45) is 5.73 Å². The number of rotatable bonds is 2. The summed E-state index contributed by atoms with van der Waals surface area (Å²) in [5.41, 5.74) is 9.37. The first-order valence-corrected chi connectivity index (χ1v) is 7.68. The van der Waals surface area contributed by atoms with Crippen LogP contribution in [0.15, 0.2) is 6.07 Å². The van der Waals surface area contributed by atoms with Crippen molar-refractivity contribution in [1.29, 1.82) is 0 Å². The molecular weight excluding hydrogens is 270 g/mol. The minimum atomic E-state index is 0.209. The van der Waals surface area contributed by atoms with Crippen LogP contribution in [0, 0.1) is 0 Å². The molecule has 1 aliphatic heterocycles. The summed E-state index contributed by atoms with van der Waals surface area (Å²) in [7, 11) is 0. The Morgan fingerprint density at radius 1 is 1.45 bits per heavy atom. The van der Waals surface area contributed by atoms with Gasteiger partial charge in [0.05, 0.1) is 24.3 Å². The van der Waals surface area contributed by atoms with Gasteiger partial charge in [-0.25, -0.2) is 4.98 Å². The molecule has 20 heavy (non-hydrogen) atoms. The van der Waals surface area contributed by atoms with Gasteiger partial charge in [-0.15, -0.1) is 0 Å². The summed E-state index contributed by atoms with van der Waals surface area (Å²) in [4.78, 5) is 7.62. The number of pyridine rings is 1. The molecule has 1 aromatic heterocycles. The molecule has 5 heteroatoms. The zero-order valence-electron chi connectivity index (χ0n) is 12.1. The summed E-state index contributed by atoms with van der Waals surface area (Å²) in [6.07, 6.45) is 3.54. The van der Waals surface area contributed by atoms with Gasteiger partial charge in [0.15, 0.2) is 0 Å². The van der Waals surface area contributed by atoms with Crippen LogP contribution in [0.5, 0.6) is 0 Å². The average Bonchev–Trinajstić information content (AvgIpc) is 2.87. The Morgan fingerprint density at radius 2 is 2.25 bits per heavy atom. The summed E-state index contributed by atoms with van der Waals surface area (Å²) in [5, 5.41) is 0. The monoisotopic (exact) mass is 291 g/mol. The number of morpholine rings is 1. The molecule has 1 aromatic rings. The van der Waals surface area contributed by atoms with Crippen molar-refractivity contribution in [3.8, 4) is 0 Å². The predicted octanol–water partition coefficient (Wildman–Crippen LogP) is 1.82. The van der Waals surface area contributed by atoms with Gasteiger partial charge in [0.1, 0.15) is 10.8 Å². The van der Waals surface area contributed by atoms with E-state index in [9.17, 15) is 0 Å². The van der Waals surface area contributed by atoms with Gasteiger partial charge in [-0.2, -0.15) is 0 Å². The molecule has 0 aromatic carbocycles. The van der Waals surface area contributed by atoms with Crippen LogP contribution in [0.25, 0.3) is 0 Å². The van der Waals surface area contributed by atoms with E-state index in [4.69, 9.17) is 27.7 Å². The second-order valence-corrected chi connectivity index (χ2v) is 6.27. The highest BCUT2D eigenvalue weighted by Crippen LogP contribution is 2.29. The number of ether oxygens (including phenoxy) is 1. The molecule has 0 saturated carbocycles. The van der Waals surface area contributed by atoms with E-state index in [-0.39, 0.29) is 6.10 Å². The lowest BCUT2D eigenvalue weighted by Gasteiger charge is -2.38. The maximum atomic E-state index is 5.93. The number of nitrogens with two attached hydrogens (primary N) is 1. The smallest absolute Gasteiger partial charge is 0.139 e. The normalized spacial score (nSPS) is 25.6. The van der Waals surface area contributed by atoms with Gasteiger partial charge >= 0.3 is 0 Å². The molecule has 2 aliphatic rings. The van der Waals surface area contributed by atoms with Crippen molar-refractivity contribution in [1.82, 2.24) is 4.98 Å². The van der Waals surface area contributed by atoms with Crippen LogP contribution in [0.4, 0.5) is 5.82 Å². The van der Waals surface area contributed by atoms with E-state index in [0.717, 1.165) is 37.4 Å². The lowest BCUT2D eigenvalue weighted by atomic mass is 10.1. The third-order valence-electron chi connectivity index (χ3n) is 4.18. The SMILES string of the molecule is CC1CN(c2nc3c(cc2C(N)=S)CCC3)C(C)CO1. The first kappa shape index (κ1) is 13.8. The van der Waals surface area contributed by atoms with Crippen molar-refractivity contribution in [2.75, 3.05) is 18.1 Å². The van der Waals surface area contributed by atoms with E-state index in [0.29, 0.717) is 11.0 Å². The van der Waals surface area contributed by atoms with Crippen molar-refractivity contribution in [3.63, 3.8) is 0 Å². The molecule has 1 aliphatic carbocycles. The van der Waals surface area contributed by atoms with Gasteiger partial charge < -0.3 is 15.4 Å². The first-order valence-electron chi connectivity index (χ1n) is 7.27. The summed E-state index contributed by atoms with van der Waals surface area (Å²) in [6, 6.07) is 2.45. The maximum absolute atomic E-state index is 5.93. The quantitative estimate of drug-likeness (QED) is 0.842. The van der Waals surface area contributed by atoms with E-state index in [1.54, 1.807) is 0 Å². The van der Waals surface area contributed by atoms with Gasteiger partial charge in [-0.3, -0.25) is 0 Å². The lowest BCUT2D eigenvalue weighted by molar-refractivity contribution is 0.0340. The molecule has 3 rings (SSSR count). The fraction of sp³-hybridized carbons (Fsp3) is 0.600. The largest absolute Gasteiger partial charge is 0.389 e. The number of fused-ring (bicyclic) bond motifs is 1.